The van der Waals surface area contributed by atoms with E-state index >= 15 is 0 Å². The van der Waals surface area contributed by atoms with Crippen LogP contribution in [0, 0.1) is 17.3 Å². The molecule has 2 saturated carbocycles. The van der Waals surface area contributed by atoms with Gasteiger partial charge in [-0.25, -0.2) is 0 Å². The number of aliphatic hydroxyl groups excluding tert-OH is 1. The Hall–Kier alpha value is -0.0400. The van der Waals surface area contributed by atoms with Gasteiger partial charge in [-0.2, -0.15) is 0 Å². The highest BCUT2D eigenvalue weighted by Crippen LogP contribution is 2.59. The van der Waals surface area contributed by atoms with Crippen LogP contribution in [0.2, 0.25) is 0 Å². The first kappa shape index (κ1) is 5.72. The smallest absolute Gasteiger partial charge is 0.0484 e. The van der Waals surface area contributed by atoms with E-state index in [0.717, 1.165) is 11.8 Å². The molecule has 0 aromatic rings. The van der Waals surface area contributed by atoms with Crippen molar-refractivity contribution in [2.75, 3.05) is 6.61 Å². The lowest BCUT2D eigenvalue weighted by molar-refractivity contribution is 0.135. The van der Waals surface area contributed by atoms with Crippen LogP contribution in [0.1, 0.15) is 26.2 Å². The molecule has 0 amide bonds. The number of rotatable bonds is 1. The van der Waals surface area contributed by atoms with Crippen LogP contribution in [-0.4, -0.2) is 11.7 Å². The monoisotopic (exact) mass is 126 g/mol. The number of hydrogen-bond acceptors (Lipinski definition) is 1. The summed E-state index contributed by atoms with van der Waals surface area (Å²) >= 11 is 0. The van der Waals surface area contributed by atoms with Crippen molar-refractivity contribution in [3.8, 4) is 0 Å². The Kier molecular flexibility index (Phi) is 0.963. The first-order valence-electron chi connectivity index (χ1n) is 3.84. The second-order valence-electron chi connectivity index (χ2n) is 4.13. The molecule has 0 spiro atoms. The van der Waals surface area contributed by atoms with E-state index in [0.29, 0.717) is 12.0 Å². The highest BCUT2D eigenvalue weighted by atomic mass is 16.3. The molecule has 0 heterocycles. The molecule has 2 aliphatic carbocycles. The molecule has 0 radical (unpaired) electrons. The van der Waals surface area contributed by atoms with E-state index in [1.54, 1.807) is 0 Å². The summed E-state index contributed by atoms with van der Waals surface area (Å²) in [5, 5.41) is 8.96. The average molecular weight is 126 g/mol. The van der Waals surface area contributed by atoms with Gasteiger partial charge in [0.2, 0.25) is 0 Å². The van der Waals surface area contributed by atoms with Crippen molar-refractivity contribution in [3.63, 3.8) is 0 Å². The minimum atomic E-state index is 0.313. The summed E-state index contributed by atoms with van der Waals surface area (Å²) in [5.41, 5.74) is 0.313. The van der Waals surface area contributed by atoms with Crippen LogP contribution in [0.15, 0.2) is 0 Å². The van der Waals surface area contributed by atoms with E-state index in [1.807, 2.05) is 0 Å². The number of hydrogen-bond donors (Lipinski definition) is 1. The maximum absolute atomic E-state index is 8.96. The van der Waals surface area contributed by atoms with Crippen molar-refractivity contribution >= 4 is 0 Å². The molecular weight excluding hydrogens is 112 g/mol. The molecule has 52 valence electrons. The third kappa shape index (κ3) is 0.787. The summed E-state index contributed by atoms with van der Waals surface area (Å²) in [6, 6.07) is 0. The summed E-state index contributed by atoms with van der Waals surface area (Å²) in [5.74, 6) is 2.00. The molecule has 0 aromatic heterocycles. The third-order valence-electron chi connectivity index (χ3n) is 2.96. The summed E-state index contributed by atoms with van der Waals surface area (Å²) in [7, 11) is 0. The predicted octanol–water partition coefficient (Wildman–Crippen LogP) is 1.41. The Morgan fingerprint density at radius 3 is 2.33 bits per heavy atom. The molecule has 0 aromatic carbocycles. The Morgan fingerprint density at radius 2 is 2.00 bits per heavy atom. The van der Waals surface area contributed by atoms with Crippen LogP contribution in [-0.2, 0) is 0 Å². The zero-order valence-corrected chi connectivity index (χ0v) is 5.93. The van der Waals surface area contributed by atoms with Gasteiger partial charge in [-0.05, 0) is 36.5 Å². The van der Waals surface area contributed by atoms with Crippen LogP contribution in [0.3, 0.4) is 0 Å². The van der Waals surface area contributed by atoms with E-state index in [4.69, 9.17) is 5.11 Å². The summed E-state index contributed by atoms with van der Waals surface area (Å²) < 4.78 is 0. The van der Waals surface area contributed by atoms with Gasteiger partial charge in [-0.3, -0.25) is 0 Å². The van der Waals surface area contributed by atoms with Crippen molar-refractivity contribution in [1.82, 2.24) is 0 Å². The van der Waals surface area contributed by atoms with Gasteiger partial charge in [0.05, 0.1) is 0 Å². The molecule has 0 bridgehead atoms. The van der Waals surface area contributed by atoms with E-state index in [2.05, 4.69) is 6.92 Å². The second kappa shape index (κ2) is 1.51. The molecule has 0 unspecified atom stereocenters. The fourth-order valence-corrected chi connectivity index (χ4v) is 2.29. The first-order valence-corrected chi connectivity index (χ1v) is 3.84. The van der Waals surface area contributed by atoms with Crippen molar-refractivity contribution < 1.29 is 5.11 Å². The van der Waals surface area contributed by atoms with Crippen molar-refractivity contribution in [1.29, 1.82) is 0 Å². The number of aliphatic hydroxyl groups is 1. The first-order chi connectivity index (χ1) is 4.23. The minimum Gasteiger partial charge on any atom is -0.396 e. The topological polar surface area (TPSA) is 20.2 Å². The van der Waals surface area contributed by atoms with E-state index < -0.39 is 0 Å². The van der Waals surface area contributed by atoms with Crippen molar-refractivity contribution in [2.45, 2.75) is 26.2 Å². The molecule has 0 saturated heterocycles. The lowest BCUT2D eigenvalue weighted by Gasteiger charge is -2.21. The molecule has 1 N–H and O–H groups in total. The fourth-order valence-electron chi connectivity index (χ4n) is 2.29. The van der Waals surface area contributed by atoms with Crippen LogP contribution >= 0.6 is 0 Å². The lowest BCUT2D eigenvalue weighted by Crippen LogP contribution is -2.18. The van der Waals surface area contributed by atoms with E-state index in [1.165, 1.54) is 19.3 Å². The molecule has 1 nitrogen and oxygen atoms in total. The fraction of sp³-hybridized carbons (Fsp3) is 1.00. The maximum atomic E-state index is 8.96. The van der Waals surface area contributed by atoms with Crippen LogP contribution in [0.25, 0.3) is 0 Å². The Morgan fingerprint density at radius 1 is 1.44 bits per heavy atom. The molecule has 2 atom stereocenters. The summed E-state index contributed by atoms with van der Waals surface area (Å²) in [6.45, 7) is 2.61. The average Bonchev–Trinajstić information content (AvgIpc) is 2.42. The van der Waals surface area contributed by atoms with Gasteiger partial charge in [0, 0.05) is 6.61 Å². The molecule has 2 rings (SSSR count). The predicted molar refractivity (Wildman–Crippen MR) is 36.0 cm³/mol. The summed E-state index contributed by atoms with van der Waals surface area (Å²) in [6.07, 6.45) is 4.03. The Bertz CT molecular complexity index is 121. The molecule has 0 aliphatic heterocycles. The zero-order chi connectivity index (χ0) is 6.48. The highest BCUT2D eigenvalue weighted by molar-refractivity contribution is 5.01. The van der Waals surface area contributed by atoms with Gasteiger partial charge < -0.3 is 5.11 Å². The zero-order valence-electron chi connectivity index (χ0n) is 5.93. The molecule has 1 heteroatoms. The standard InChI is InChI=1S/C8H14O/c1-8(5-9)3-6-2-7(6)4-8/h6-7,9H,2-5H2,1H3/t6-,7-/m1/s1. The van der Waals surface area contributed by atoms with Crippen molar-refractivity contribution in [3.05, 3.63) is 0 Å². The normalized spacial score (nSPS) is 44.7. The maximum Gasteiger partial charge on any atom is 0.0484 e. The number of fused-ring (bicyclic) bond motifs is 1. The van der Waals surface area contributed by atoms with Gasteiger partial charge in [0.1, 0.15) is 0 Å². The van der Waals surface area contributed by atoms with Crippen LogP contribution < -0.4 is 0 Å². The van der Waals surface area contributed by atoms with Gasteiger partial charge >= 0.3 is 0 Å². The summed E-state index contributed by atoms with van der Waals surface area (Å²) in [4.78, 5) is 0. The van der Waals surface area contributed by atoms with Crippen molar-refractivity contribution in [2.24, 2.45) is 17.3 Å². The van der Waals surface area contributed by atoms with Crippen LogP contribution in [0.5, 0.6) is 0 Å². The van der Waals surface area contributed by atoms with Gasteiger partial charge in [-0.1, -0.05) is 6.92 Å². The third-order valence-corrected chi connectivity index (χ3v) is 2.96. The van der Waals surface area contributed by atoms with Gasteiger partial charge in [0.25, 0.3) is 0 Å². The molecule has 9 heavy (non-hydrogen) atoms. The highest BCUT2D eigenvalue weighted by Gasteiger charge is 2.51. The lowest BCUT2D eigenvalue weighted by atomic mass is 9.86. The largest absolute Gasteiger partial charge is 0.396 e. The van der Waals surface area contributed by atoms with Gasteiger partial charge in [-0.15, -0.1) is 0 Å². The van der Waals surface area contributed by atoms with E-state index in [-0.39, 0.29) is 0 Å². The SMILES string of the molecule is CC1(CO)C[C@H]2C[C@@H]2C1. The van der Waals surface area contributed by atoms with E-state index in [9.17, 15) is 0 Å². The Labute approximate surface area is 56.1 Å². The molecule has 2 fully saturated rings. The second-order valence-corrected chi connectivity index (χ2v) is 4.13. The molecular formula is C8H14O. The van der Waals surface area contributed by atoms with Gasteiger partial charge in [0.15, 0.2) is 0 Å². The Balaban J connectivity index is 2.02. The molecule has 2 aliphatic rings. The van der Waals surface area contributed by atoms with Crippen LogP contribution in [0.4, 0.5) is 0 Å². The quantitative estimate of drug-likeness (QED) is 0.563. The minimum absolute atomic E-state index is 0.313.